The molecular weight excluding hydrogens is 172 g/mol. The Hall–Kier alpha value is -0.160. The minimum atomic E-state index is -1.08. The fraction of sp³-hybridized carbons (Fsp3) is 1.00. The number of hydrogen-bond acceptors (Lipinski definition) is 4. The van der Waals surface area contributed by atoms with Crippen molar-refractivity contribution in [3.05, 3.63) is 0 Å². The quantitative estimate of drug-likeness (QED) is 0.536. The molecule has 1 heterocycles. The molecule has 4 nitrogen and oxygen atoms in total. The zero-order valence-electron chi connectivity index (χ0n) is 7.34. The fourth-order valence-corrected chi connectivity index (χ4v) is 1.42. The van der Waals surface area contributed by atoms with Gasteiger partial charge in [0.25, 0.3) is 0 Å². The first kappa shape index (κ1) is 12.8. The van der Waals surface area contributed by atoms with Gasteiger partial charge < -0.3 is 20.1 Å². The molecule has 1 saturated heterocycles. The molecule has 3 N–H and O–H groups in total. The molecule has 0 aromatic heterocycles. The Bertz CT molecular complexity index is 149. The van der Waals surface area contributed by atoms with Gasteiger partial charge in [0.15, 0.2) is 0 Å². The monoisotopic (exact) mass is 192 g/mol. The van der Waals surface area contributed by atoms with Crippen molar-refractivity contribution in [3.63, 3.8) is 0 Å². The van der Waals surface area contributed by atoms with Crippen molar-refractivity contribution < 1.29 is 20.1 Å². The highest BCUT2D eigenvalue weighted by molar-refractivity contribution is 4.87. The van der Waals surface area contributed by atoms with Crippen molar-refractivity contribution >= 4 is 0 Å². The molecule has 13 heavy (non-hydrogen) atoms. The first-order chi connectivity index (χ1) is 5.54. The first-order valence-electron chi connectivity index (χ1n) is 4.20. The van der Waals surface area contributed by atoms with Crippen LogP contribution in [0.3, 0.4) is 0 Å². The average Bonchev–Trinajstić information content (AvgIpc) is 2.00. The molecule has 0 amide bonds. The van der Waals surface area contributed by atoms with Gasteiger partial charge in [-0.25, -0.2) is 0 Å². The highest BCUT2D eigenvalue weighted by Crippen LogP contribution is 2.20. The van der Waals surface area contributed by atoms with Crippen LogP contribution in [0.4, 0.5) is 0 Å². The predicted octanol–water partition coefficient (Wildman–Crippen LogP) is -0.240. The van der Waals surface area contributed by atoms with Gasteiger partial charge in [0, 0.05) is 0 Å². The average molecular weight is 192 g/mol. The van der Waals surface area contributed by atoms with E-state index in [1.165, 1.54) is 0 Å². The summed E-state index contributed by atoms with van der Waals surface area (Å²) in [6.45, 7) is 3.90. The third kappa shape index (κ3) is 2.64. The molecule has 0 aromatic rings. The summed E-state index contributed by atoms with van der Waals surface area (Å²) in [5.41, 5.74) is 0. The highest BCUT2D eigenvalue weighted by Gasteiger charge is 2.38. The van der Waals surface area contributed by atoms with Crippen molar-refractivity contribution in [2.45, 2.75) is 45.7 Å². The third-order valence-corrected chi connectivity index (χ3v) is 2.20. The largest absolute Gasteiger partial charge is 0.388 e. The molecule has 4 atom stereocenters. The summed E-state index contributed by atoms with van der Waals surface area (Å²) in [4.78, 5) is 0. The van der Waals surface area contributed by atoms with Crippen LogP contribution in [0.2, 0.25) is 0 Å². The van der Waals surface area contributed by atoms with Gasteiger partial charge in [-0.15, -0.1) is 0 Å². The molecule has 1 fully saturated rings. The first-order valence-corrected chi connectivity index (χ1v) is 4.20. The minimum Gasteiger partial charge on any atom is -0.388 e. The summed E-state index contributed by atoms with van der Waals surface area (Å²) in [7, 11) is 0. The van der Waals surface area contributed by atoms with Crippen molar-refractivity contribution in [2.75, 3.05) is 6.61 Å². The van der Waals surface area contributed by atoms with E-state index in [1.807, 2.05) is 13.8 Å². The third-order valence-electron chi connectivity index (χ3n) is 2.20. The van der Waals surface area contributed by atoms with E-state index < -0.39 is 18.3 Å². The summed E-state index contributed by atoms with van der Waals surface area (Å²) in [5.74, 6) is 0.141. The summed E-state index contributed by atoms with van der Waals surface area (Å²) in [5, 5.41) is 27.8. The summed E-state index contributed by atoms with van der Waals surface area (Å²) in [6.07, 6.45) is -3.39. The van der Waals surface area contributed by atoms with E-state index in [9.17, 15) is 10.2 Å². The molecule has 0 saturated carbocycles. The van der Waals surface area contributed by atoms with Gasteiger partial charge in [-0.3, -0.25) is 0 Å². The molecule has 1 aliphatic rings. The van der Waals surface area contributed by atoms with Crippen LogP contribution in [0.25, 0.3) is 0 Å². The molecule has 4 heteroatoms. The van der Waals surface area contributed by atoms with Gasteiger partial charge in [0.05, 0.1) is 12.7 Å². The lowest BCUT2D eigenvalue weighted by Crippen LogP contribution is -2.54. The second-order valence-corrected chi connectivity index (χ2v) is 3.59. The minimum absolute atomic E-state index is 0. The number of ether oxygens (including phenoxy) is 1. The lowest BCUT2D eigenvalue weighted by atomic mass is 9.93. The molecule has 80 valence electrons. The summed E-state index contributed by atoms with van der Waals surface area (Å²) < 4.78 is 5.17. The number of aliphatic hydroxyl groups excluding tert-OH is 3. The number of rotatable bonds is 1. The van der Waals surface area contributed by atoms with E-state index in [0.717, 1.165) is 0 Å². The van der Waals surface area contributed by atoms with E-state index >= 15 is 0 Å². The molecule has 0 aromatic carbocycles. The Morgan fingerprint density at radius 2 is 1.69 bits per heavy atom. The van der Waals surface area contributed by atoms with Crippen LogP contribution in [-0.4, -0.2) is 46.3 Å². The number of aliphatic hydroxyl groups is 3. The van der Waals surface area contributed by atoms with Crippen LogP contribution in [-0.2, 0) is 4.74 Å². The lowest BCUT2D eigenvalue weighted by molar-refractivity contribution is -0.197. The van der Waals surface area contributed by atoms with Crippen LogP contribution < -0.4 is 0 Å². The molecule has 0 aliphatic carbocycles. The van der Waals surface area contributed by atoms with Crippen molar-refractivity contribution in [1.29, 1.82) is 0 Å². The van der Waals surface area contributed by atoms with Crippen molar-refractivity contribution in [2.24, 2.45) is 5.92 Å². The molecule has 1 aliphatic heterocycles. The summed E-state index contributed by atoms with van der Waals surface area (Å²) >= 11 is 0. The normalized spacial score (nSPS) is 40.2. The van der Waals surface area contributed by atoms with E-state index in [4.69, 9.17) is 9.84 Å². The molecular formula is C9H20O4. The maximum Gasteiger partial charge on any atom is 0.111 e. The van der Waals surface area contributed by atoms with Crippen LogP contribution in [0.15, 0.2) is 0 Å². The van der Waals surface area contributed by atoms with E-state index in [-0.39, 0.29) is 26.1 Å². The maximum absolute atomic E-state index is 9.44. The molecule has 0 bridgehead atoms. The van der Waals surface area contributed by atoms with Crippen molar-refractivity contribution in [3.8, 4) is 0 Å². The van der Waals surface area contributed by atoms with Crippen LogP contribution in [0, 0.1) is 5.92 Å². The van der Waals surface area contributed by atoms with Crippen LogP contribution in [0.1, 0.15) is 21.3 Å². The number of hydrogen-bond donors (Lipinski definition) is 3. The second-order valence-electron chi connectivity index (χ2n) is 3.59. The van der Waals surface area contributed by atoms with Gasteiger partial charge >= 0.3 is 0 Å². The van der Waals surface area contributed by atoms with Gasteiger partial charge in [-0.05, 0) is 5.92 Å². The van der Waals surface area contributed by atoms with Crippen molar-refractivity contribution in [1.82, 2.24) is 0 Å². The fourth-order valence-electron chi connectivity index (χ4n) is 1.42. The standard InChI is InChI=1S/C8H16O4.CH4/c1-4(2)8-7(11)6(10)5(9)3-12-8;/h4-11H,3H2,1-2H3;1H4/t5-,6+,7-,8+;/m1./s1. The summed E-state index contributed by atoms with van der Waals surface area (Å²) in [6, 6.07) is 0. The lowest BCUT2D eigenvalue weighted by Gasteiger charge is -2.37. The Balaban J connectivity index is 0.00000144. The Kier molecular flexibility index (Phi) is 4.85. The maximum atomic E-state index is 9.44. The van der Waals surface area contributed by atoms with Crippen LogP contribution in [0.5, 0.6) is 0 Å². The Labute approximate surface area is 79.2 Å². The SMILES string of the molecule is C.CC(C)[C@@H]1OC[C@@H](O)[C@H](O)[C@H]1O. The molecule has 0 radical (unpaired) electrons. The predicted molar refractivity (Wildman–Crippen MR) is 49.3 cm³/mol. The highest BCUT2D eigenvalue weighted by atomic mass is 16.5. The van der Waals surface area contributed by atoms with Gasteiger partial charge in [0.2, 0.25) is 0 Å². The van der Waals surface area contributed by atoms with Gasteiger partial charge in [-0.1, -0.05) is 21.3 Å². The Morgan fingerprint density at radius 1 is 1.15 bits per heavy atom. The van der Waals surface area contributed by atoms with Crippen LogP contribution >= 0.6 is 0 Å². The zero-order chi connectivity index (χ0) is 9.30. The second kappa shape index (κ2) is 4.91. The zero-order valence-corrected chi connectivity index (χ0v) is 7.34. The van der Waals surface area contributed by atoms with E-state index in [1.54, 1.807) is 0 Å². The molecule has 0 unspecified atom stereocenters. The van der Waals surface area contributed by atoms with E-state index in [0.29, 0.717) is 0 Å². The molecule has 0 spiro atoms. The van der Waals surface area contributed by atoms with Gasteiger partial charge in [0.1, 0.15) is 18.3 Å². The van der Waals surface area contributed by atoms with Gasteiger partial charge in [-0.2, -0.15) is 0 Å². The topological polar surface area (TPSA) is 69.9 Å². The van der Waals surface area contributed by atoms with E-state index in [2.05, 4.69) is 0 Å². The molecule has 1 rings (SSSR count). The smallest absolute Gasteiger partial charge is 0.111 e. The Morgan fingerprint density at radius 3 is 2.15 bits per heavy atom.